The van der Waals surface area contributed by atoms with Crippen molar-refractivity contribution >= 4 is 22.9 Å². The van der Waals surface area contributed by atoms with Crippen LogP contribution >= 0.6 is 0 Å². The number of ketones is 1. The SMILES string of the molecule is CC(=O)C(C)[n+]1c(N2CCCCC2)[nH]c2c1c(=O)n(C)c(=O)n2C. The summed E-state index contributed by atoms with van der Waals surface area (Å²) in [5.41, 5.74) is 0.0435. The summed E-state index contributed by atoms with van der Waals surface area (Å²) in [6.45, 7) is 5.04. The predicted octanol–water partition coefficient (Wildman–Crippen LogP) is -0.00690. The number of aromatic nitrogens is 4. The highest BCUT2D eigenvalue weighted by Crippen LogP contribution is 2.19. The number of anilines is 1. The molecule has 1 unspecified atom stereocenters. The number of aryl methyl sites for hydroxylation is 1. The monoisotopic (exact) mass is 334 g/mol. The third-order valence-corrected chi connectivity index (χ3v) is 4.97. The van der Waals surface area contributed by atoms with Gasteiger partial charge in [0.1, 0.15) is 6.04 Å². The summed E-state index contributed by atoms with van der Waals surface area (Å²) in [6, 6.07) is -0.485. The number of carbonyl (C=O) groups excluding carboxylic acids is 1. The molecule has 2 aromatic heterocycles. The van der Waals surface area contributed by atoms with Crippen molar-refractivity contribution in [2.24, 2.45) is 14.1 Å². The number of imidazole rings is 1. The van der Waals surface area contributed by atoms with E-state index in [0.29, 0.717) is 11.2 Å². The lowest BCUT2D eigenvalue weighted by Crippen LogP contribution is -2.51. The normalized spacial score (nSPS) is 16.6. The van der Waals surface area contributed by atoms with Gasteiger partial charge in [-0.3, -0.25) is 23.6 Å². The number of hydrogen-bond donors (Lipinski definition) is 1. The number of Topliss-reactive ketones (excluding diaryl/α,β-unsaturated/α-hetero) is 1. The van der Waals surface area contributed by atoms with E-state index in [0.717, 1.165) is 36.4 Å². The minimum absolute atomic E-state index is 0.0323. The van der Waals surface area contributed by atoms with Crippen molar-refractivity contribution in [2.75, 3.05) is 18.0 Å². The highest BCUT2D eigenvalue weighted by molar-refractivity contribution is 5.79. The number of nitrogens with zero attached hydrogens (tertiary/aromatic N) is 4. The molecule has 0 radical (unpaired) electrons. The minimum Gasteiger partial charge on any atom is -0.296 e. The molecule has 1 N–H and O–H groups in total. The van der Waals surface area contributed by atoms with Crippen molar-refractivity contribution in [2.45, 2.75) is 39.2 Å². The van der Waals surface area contributed by atoms with Crippen LogP contribution in [0.4, 0.5) is 5.95 Å². The van der Waals surface area contributed by atoms with E-state index in [2.05, 4.69) is 9.88 Å². The van der Waals surface area contributed by atoms with E-state index in [1.807, 2.05) is 0 Å². The first-order valence-electron chi connectivity index (χ1n) is 8.33. The minimum atomic E-state index is -0.485. The molecule has 0 spiro atoms. The van der Waals surface area contributed by atoms with Gasteiger partial charge in [-0.15, -0.1) is 0 Å². The number of H-pyrrole nitrogens is 1. The first-order valence-corrected chi connectivity index (χ1v) is 8.33. The highest BCUT2D eigenvalue weighted by atomic mass is 16.2. The van der Waals surface area contributed by atoms with Gasteiger partial charge in [-0.25, -0.2) is 14.3 Å². The van der Waals surface area contributed by atoms with Gasteiger partial charge in [0.25, 0.3) is 5.56 Å². The number of aromatic amines is 1. The Kier molecular flexibility index (Phi) is 4.06. The third-order valence-electron chi connectivity index (χ3n) is 4.97. The van der Waals surface area contributed by atoms with E-state index in [4.69, 9.17) is 0 Å². The van der Waals surface area contributed by atoms with Gasteiger partial charge >= 0.3 is 11.6 Å². The Bertz CT molecular complexity index is 914. The molecular weight excluding hydrogens is 310 g/mol. The summed E-state index contributed by atoms with van der Waals surface area (Å²) in [7, 11) is 3.09. The van der Waals surface area contributed by atoms with Gasteiger partial charge in [0.2, 0.25) is 11.2 Å². The van der Waals surface area contributed by atoms with Crippen LogP contribution in [0.5, 0.6) is 0 Å². The van der Waals surface area contributed by atoms with Crippen molar-refractivity contribution < 1.29 is 9.36 Å². The van der Waals surface area contributed by atoms with Gasteiger partial charge in [0, 0.05) is 14.1 Å². The van der Waals surface area contributed by atoms with Crippen LogP contribution in [0.2, 0.25) is 0 Å². The van der Waals surface area contributed by atoms with E-state index in [1.54, 1.807) is 18.5 Å². The molecule has 0 aromatic carbocycles. The molecule has 3 heterocycles. The van der Waals surface area contributed by atoms with E-state index in [1.165, 1.54) is 25.0 Å². The molecule has 1 atom stereocenters. The van der Waals surface area contributed by atoms with Crippen LogP contribution in [-0.2, 0) is 18.9 Å². The quantitative estimate of drug-likeness (QED) is 0.801. The molecule has 1 aliphatic rings. The number of piperidine rings is 1. The predicted molar refractivity (Wildman–Crippen MR) is 90.4 cm³/mol. The van der Waals surface area contributed by atoms with Crippen LogP contribution in [0.15, 0.2) is 9.59 Å². The third kappa shape index (κ3) is 2.37. The number of hydrogen-bond acceptors (Lipinski definition) is 4. The lowest BCUT2D eigenvalue weighted by Gasteiger charge is -2.23. The van der Waals surface area contributed by atoms with Crippen LogP contribution in [0.25, 0.3) is 11.2 Å². The number of rotatable bonds is 3. The molecule has 3 rings (SSSR count). The molecule has 24 heavy (non-hydrogen) atoms. The summed E-state index contributed by atoms with van der Waals surface area (Å²) in [6.07, 6.45) is 3.32. The molecular formula is C16H24N5O3+. The van der Waals surface area contributed by atoms with Gasteiger partial charge in [-0.05, 0) is 33.1 Å². The molecule has 0 aliphatic carbocycles. The van der Waals surface area contributed by atoms with Gasteiger partial charge in [-0.1, -0.05) is 0 Å². The highest BCUT2D eigenvalue weighted by Gasteiger charge is 2.33. The standard InChI is InChI=1S/C16H23N5O3/c1-10(11(2)22)21-12-13(18(3)16(24)19(4)14(12)23)17-15(21)20-8-6-5-7-9-20/h10H,5-9H2,1-4H3/p+1. The summed E-state index contributed by atoms with van der Waals surface area (Å²) >= 11 is 0. The Morgan fingerprint density at radius 1 is 1.12 bits per heavy atom. The number of fused-ring (bicyclic) bond motifs is 1. The zero-order valence-corrected chi connectivity index (χ0v) is 14.6. The molecule has 0 amide bonds. The van der Waals surface area contributed by atoms with E-state index in [9.17, 15) is 14.4 Å². The lowest BCUT2D eigenvalue weighted by atomic mass is 10.1. The second-order valence-electron chi connectivity index (χ2n) is 6.56. The van der Waals surface area contributed by atoms with Crippen molar-refractivity contribution in [3.63, 3.8) is 0 Å². The maximum Gasteiger partial charge on any atom is 0.360 e. The topological polar surface area (TPSA) is 84.0 Å². The fourth-order valence-corrected chi connectivity index (χ4v) is 3.35. The maximum absolute atomic E-state index is 12.7. The second kappa shape index (κ2) is 5.92. The summed E-state index contributed by atoms with van der Waals surface area (Å²) in [5.74, 6) is 0.695. The first kappa shape index (κ1) is 16.5. The molecule has 0 saturated carbocycles. The van der Waals surface area contributed by atoms with Crippen molar-refractivity contribution in [1.82, 2.24) is 14.1 Å². The Balaban J connectivity index is 2.39. The van der Waals surface area contributed by atoms with Gasteiger partial charge in [0.05, 0.1) is 13.1 Å². The van der Waals surface area contributed by atoms with Crippen molar-refractivity contribution in [3.8, 4) is 0 Å². The maximum atomic E-state index is 12.7. The zero-order chi connectivity index (χ0) is 17.6. The van der Waals surface area contributed by atoms with Gasteiger partial charge < -0.3 is 0 Å². The fraction of sp³-hybridized carbons (Fsp3) is 0.625. The molecule has 2 aromatic rings. The van der Waals surface area contributed by atoms with Crippen molar-refractivity contribution in [1.29, 1.82) is 0 Å². The second-order valence-corrected chi connectivity index (χ2v) is 6.56. The molecule has 1 saturated heterocycles. The fourth-order valence-electron chi connectivity index (χ4n) is 3.35. The van der Waals surface area contributed by atoms with Crippen LogP contribution in [0.1, 0.15) is 39.2 Å². The Labute approximate surface area is 139 Å². The number of carbonyl (C=O) groups is 1. The van der Waals surface area contributed by atoms with Crippen LogP contribution in [-0.4, -0.2) is 33.0 Å². The van der Waals surface area contributed by atoms with Gasteiger partial charge in [0.15, 0.2) is 5.78 Å². The van der Waals surface area contributed by atoms with Crippen molar-refractivity contribution in [3.05, 3.63) is 20.8 Å². The number of nitrogens with one attached hydrogen (secondary N) is 1. The zero-order valence-electron chi connectivity index (χ0n) is 14.6. The summed E-state index contributed by atoms with van der Waals surface area (Å²) in [4.78, 5) is 42.4. The van der Waals surface area contributed by atoms with E-state index < -0.39 is 6.04 Å². The molecule has 8 nitrogen and oxygen atoms in total. The molecule has 1 fully saturated rings. The molecule has 8 heteroatoms. The average Bonchev–Trinajstić information content (AvgIpc) is 2.98. The molecule has 130 valence electrons. The van der Waals surface area contributed by atoms with E-state index >= 15 is 0 Å². The van der Waals surface area contributed by atoms with Gasteiger partial charge in [-0.2, -0.15) is 0 Å². The molecule has 0 bridgehead atoms. The van der Waals surface area contributed by atoms with Crippen LogP contribution in [0.3, 0.4) is 0 Å². The first-order chi connectivity index (χ1) is 11.3. The van der Waals surface area contributed by atoms with E-state index in [-0.39, 0.29) is 17.0 Å². The lowest BCUT2D eigenvalue weighted by molar-refractivity contribution is -0.668. The average molecular weight is 334 g/mol. The van der Waals surface area contributed by atoms with Crippen LogP contribution < -0.4 is 20.7 Å². The Morgan fingerprint density at radius 2 is 1.75 bits per heavy atom. The Morgan fingerprint density at radius 3 is 2.33 bits per heavy atom. The van der Waals surface area contributed by atoms with Crippen LogP contribution in [0, 0.1) is 0 Å². The molecule has 1 aliphatic heterocycles. The Hall–Kier alpha value is -2.38. The summed E-state index contributed by atoms with van der Waals surface area (Å²) < 4.78 is 4.26. The largest absolute Gasteiger partial charge is 0.360 e. The smallest absolute Gasteiger partial charge is 0.296 e. The summed E-state index contributed by atoms with van der Waals surface area (Å²) in [5, 5.41) is 0.